The van der Waals surface area contributed by atoms with Gasteiger partial charge in [-0.1, -0.05) is 18.2 Å². The molecule has 0 amide bonds. The number of alkyl halides is 3. The van der Waals surface area contributed by atoms with Crippen molar-refractivity contribution in [2.75, 3.05) is 0 Å². The van der Waals surface area contributed by atoms with Crippen molar-refractivity contribution in [1.29, 1.82) is 0 Å². The van der Waals surface area contributed by atoms with E-state index < -0.39 is 11.7 Å². The predicted octanol–water partition coefficient (Wildman–Crippen LogP) is 5.78. The minimum Gasteiger partial charge on any atom is -0.489 e. The smallest absolute Gasteiger partial charge is 0.416 e. The molecule has 0 radical (unpaired) electrons. The third-order valence-corrected chi connectivity index (χ3v) is 3.69. The van der Waals surface area contributed by atoms with Crippen molar-refractivity contribution < 1.29 is 22.6 Å². The fraction of sp³-hybridized carbons (Fsp3) is 0.150. The molecule has 0 bridgehead atoms. The predicted molar refractivity (Wildman–Crippen MR) is 91.3 cm³/mol. The molecule has 0 spiro atoms. The van der Waals surface area contributed by atoms with Gasteiger partial charge in [0, 0.05) is 17.8 Å². The van der Waals surface area contributed by atoms with Crippen LogP contribution in [0.1, 0.15) is 16.7 Å². The number of aromatic nitrogens is 1. The van der Waals surface area contributed by atoms with E-state index in [1.165, 1.54) is 12.1 Å². The van der Waals surface area contributed by atoms with Crippen LogP contribution in [0.3, 0.4) is 0 Å². The fourth-order valence-electron chi connectivity index (χ4n) is 2.25. The lowest BCUT2D eigenvalue weighted by atomic mass is 10.2. The molecule has 3 nitrogen and oxygen atoms in total. The SMILES string of the molecule is Cc1ccccc1Oc1ccc(COc2ccc(C(F)(F)F)cc2)cn1. The van der Waals surface area contributed by atoms with Gasteiger partial charge in [0.2, 0.25) is 5.88 Å². The number of rotatable bonds is 5. The topological polar surface area (TPSA) is 31.4 Å². The fourth-order valence-corrected chi connectivity index (χ4v) is 2.25. The zero-order chi connectivity index (χ0) is 18.6. The molecule has 3 rings (SSSR count). The van der Waals surface area contributed by atoms with E-state index in [4.69, 9.17) is 9.47 Å². The second kappa shape index (κ2) is 7.47. The minimum atomic E-state index is -4.35. The second-order valence-corrected chi connectivity index (χ2v) is 5.68. The van der Waals surface area contributed by atoms with Gasteiger partial charge in [-0.05, 0) is 48.9 Å². The van der Waals surface area contributed by atoms with Crippen LogP contribution in [0.4, 0.5) is 13.2 Å². The molecule has 0 N–H and O–H groups in total. The van der Waals surface area contributed by atoms with Gasteiger partial charge in [0.1, 0.15) is 18.1 Å². The molecule has 0 aliphatic heterocycles. The van der Waals surface area contributed by atoms with E-state index in [2.05, 4.69) is 4.98 Å². The number of halogens is 3. The van der Waals surface area contributed by atoms with Crippen LogP contribution < -0.4 is 9.47 Å². The third-order valence-electron chi connectivity index (χ3n) is 3.69. The Kier molecular flexibility index (Phi) is 5.11. The Bertz CT molecular complexity index is 859. The first-order valence-electron chi connectivity index (χ1n) is 7.90. The van der Waals surface area contributed by atoms with Crippen LogP contribution in [0.5, 0.6) is 17.4 Å². The molecule has 2 aromatic carbocycles. The number of aryl methyl sites for hydroxylation is 1. The molecule has 0 fully saturated rings. The number of benzene rings is 2. The lowest BCUT2D eigenvalue weighted by molar-refractivity contribution is -0.137. The van der Waals surface area contributed by atoms with E-state index in [-0.39, 0.29) is 6.61 Å². The quantitative estimate of drug-likeness (QED) is 0.579. The van der Waals surface area contributed by atoms with Crippen molar-refractivity contribution in [2.24, 2.45) is 0 Å². The van der Waals surface area contributed by atoms with Gasteiger partial charge in [0.15, 0.2) is 0 Å². The van der Waals surface area contributed by atoms with E-state index in [1.54, 1.807) is 18.3 Å². The number of nitrogens with zero attached hydrogens (tertiary/aromatic N) is 1. The zero-order valence-corrected chi connectivity index (χ0v) is 14.0. The first-order valence-corrected chi connectivity index (χ1v) is 7.90. The molecule has 6 heteroatoms. The van der Waals surface area contributed by atoms with Crippen molar-refractivity contribution in [2.45, 2.75) is 19.7 Å². The van der Waals surface area contributed by atoms with Gasteiger partial charge in [-0.25, -0.2) is 4.98 Å². The van der Waals surface area contributed by atoms with Gasteiger partial charge >= 0.3 is 6.18 Å². The number of pyridine rings is 1. The largest absolute Gasteiger partial charge is 0.489 e. The highest BCUT2D eigenvalue weighted by Crippen LogP contribution is 2.30. The van der Waals surface area contributed by atoms with E-state index in [0.717, 1.165) is 29.0 Å². The maximum Gasteiger partial charge on any atom is 0.416 e. The van der Waals surface area contributed by atoms with E-state index >= 15 is 0 Å². The molecule has 0 atom stereocenters. The minimum absolute atomic E-state index is 0.197. The molecular formula is C20H16F3NO2. The summed E-state index contributed by atoms with van der Waals surface area (Å²) in [6, 6.07) is 15.7. The summed E-state index contributed by atoms with van der Waals surface area (Å²) in [6.07, 6.45) is -2.74. The Balaban J connectivity index is 1.58. The van der Waals surface area contributed by atoms with Crippen LogP contribution in [0.15, 0.2) is 66.9 Å². The molecule has 0 saturated heterocycles. The summed E-state index contributed by atoms with van der Waals surface area (Å²) in [5, 5.41) is 0. The Morgan fingerprint density at radius 1 is 0.923 bits per heavy atom. The average molecular weight is 359 g/mol. The van der Waals surface area contributed by atoms with Crippen molar-refractivity contribution in [1.82, 2.24) is 4.98 Å². The molecule has 0 aliphatic rings. The van der Waals surface area contributed by atoms with Crippen molar-refractivity contribution in [3.63, 3.8) is 0 Å². The van der Waals surface area contributed by atoms with Gasteiger partial charge in [-0.15, -0.1) is 0 Å². The first-order chi connectivity index (χ1) is 12.4. The van der Waals surface area contributed by atoms with E-state index in [1.807, 2.05) is 31.2 Å². The number of hydrogen-bond donors (Lipinski definition) is 0. The molecule has 1 heterocycles. The summed E-state index contributed by atoms with van der Waals surface area (Å²) in [5.74, 6) is 1.55. The molecule has 0 aliphatic carbocycles. The maximum atomic E-state index is 12.5. The lowest BCUT2D eigenvalue weighted by Crippen LogP contribution is -2.04. The molecule has 1 aromatic heterocycles. The average Bonchev–Trinajstić information content (AvgIpc) is 2.63. The molecule has 0 saturated carbocycles. The van der Waals surface area contributed by atoms with Gasteiger partial charge < -0.3 is 9.47 Å². The Labute approximate surface area is 149 Å². The zero-order valence-electron chi connectivity index (χ0n) is 14.0. The van der Waals surface area contributed by atoms with Crippen LogP contribution in [0.2, 0.25) is 0 Å². The molecule has 26 heavy (non-hydrogen) atoms. The van der Waals surface area contributed by atoms with Crippen molar-refractivity contribution in [3.05, 3.63) is 83.6 Å². The maximum absolute atomic E-state index is 12.5. The highest BCUT2D eigenvalue weighted by atomic mass is 19.4. The standard InChI is InChI=1S/C20H16F3NO2/c1-14-4-2-3-5-18(14)26-19-11-6-15(12-24-19)13-25-17-9-7-16(8-10-17)20(21,22)23/h2-12H,13H2,1H3. The van der Waals surface area contributed by atoms with E-state index in [9.17, 15) is 13.2 Å². The third kappa shape index (κ3) is 4.53. The lowest BCUT2D eigenvalue weighted by Gasteiger charge is -2.10. The normalized spacial score (nSPS) is 11.2. The van der Waals surface area contributed by atoms with Crippen molar-refractivity contribution >= 4 is 0 Å². The highest BCUT2D eigenvalue weighted by Gasteiger charge is 2.29. The Hall–Kier alpha value is -3.02. The summed E-state index contributed by atoms with van der Waals surface area (Å²) < 4.78 is 48.8. The summed E-state index contributed by atoms with van der Waals surface area (Å²) in [4.78, 5) is 4.22. The van der Waals surface area contributed by atoms with Crippen molar-refractivity contribution in [3.8, 4) is 17.4 Å². The van der Waals surface area contributed by atoms with Crippen LogP contribution in [-0.2, 0) is 12.8 Å². The Morgan fingerprint density at radius 2 is 1.65 bits per heavy atom. The summed E-state index contributed by atoms with van der Waals surface area (Å²) in [7, 11) is 0. The molecular weight excluding hydrogens is 343 g/mol. The van der Waals surface area contributed by atoms with Gasteiger partial charge in [0.05, 0.1) is 5.56 Å². The molecule has 134 valence electrons. The van der Waals surface area contributed by atoms with Crippen LogP contribution in [0.25, 0.3) is 0 Å². The number of hydrogen-bond acceptors (Lipinski definition) is 3. The second-order valence-electron chi connectivity index (χ2n) is 5.68. The summed E-state index contributed by atoms with van der Waals surface area (Å²) in [6.45, 7) is 2.14. The number of para-hydroxylation sites is 1. The van der Waals surface area contributed by atoms with Gasteiger partial charge in [-0.3, -0.25) is 0 Å². The highest BCUT2D eigenvalue weighted by molar-refractivity contribution is 5.35. The van der Waals surface area contributed by atoms with Gasteiger partial charge in [-0.2, -0.15) is 13.2 Å². The summed E-state index contributed by atoms with van der Waals surface area (Å²) in [5.41, 5.74) is 1.08. The van der Waals surface area contributed by atoms with Crippen LogP contribution in [-0.4, -0.2) is 4.98 Å². The van der Waals surface area contributed by atoms with E-state index in [0.29, 0.717) is 11.6 Å². The summed E-state index contributed by atoms with van der Waals surface area (Å²) >= 11 is 0. The van der Waals surface area contributed by atoms with Gasteiger partial charge in [0.25, 0.3) is 0 Å². The Morgan fingerprint density at radius 3 is 2.27 bits per heavy atom. The molecule has 0 unspecified atom stereocenters. The first kappa shape index (κ1) is 17.8. The van der Waals surface area contributed by atoms with Crippen LogP contribution >= 0.6 is 0 Å². The number of ether oxygens (including phenoxy) is 2. The monoisotopic (exact) mass is 359 g/mol. The molecule has 3 aromatic rings. The van der Waals surface area contributed by atoms with Crippen LogP contribution in [0, 0.1) is 6.92 Å².